The molecular weight excluding hydrogens is 296 g/mol. The molecule has 3 rings (SSSR count). The highest BCUT2D eigenvalue weighted by Crippen LogP contribution is 2.33. The smallest absolute Gasteiger partial charge is 0.191 e. The maximum Gasteiger partial charge on any atom is 0.191 e. The molecule has 2 fully saturated rings. The fourth-order valence-corrected chi connectivity index (χ4v) is 3.73. The Balaban J connectivity index is 1.47. The van der Waals surface area contributed by atoms with Crippen LogP contribution in [0.5, 0.6) is 0 Å². The lowest BCUT2D eigenvalue weighted by Crippen LogP contribution is -2.45. The van der Waals surface area contributed by atoms with Crippen LogP contribution in [-0.2, 0) is 0 Å². The lowest BCUT2D eigenvalue weighted by Gasteiger charge is -2.21. The molecule has 24 heavy (non-hydrogen) atoms. The third-order valence-electron chi connectivity index (χ3n) is 5.43. The minimum atomic E-state index is 0.467. The summed E-state index contributed by atoms with van der Waals surface area (Å²) in [5.41, 5.74) is 2.69. The minimum Gasteiger partial charge on any atom is -0.356 e. The Morgan fingerprint density at radius 3 is 2.62 bits per heavy atom. The zero-order valence-corrected chi connectivity index (χ0v) is 15.5. The Morgan fingerprint density at radius 1 is 1.29 bits per heavy atom. The fourth-order valence-electron chi connectivity index (χ4n) is 3.73. The molecule has 0 radical (unpaired) electrons. The maximum absolute atomic E-state index is 4.42. The van der Waals surface area contributed by atoms with E-state index in [-0.39, 0.29) is 0 Å². The Labute approximate surface area is 146 Å². The highest BCUT2D eigenvalue weighted by atomic mass is 15.3. The number of guanidine groups is 1. The van der Waals surface area contributed by atoms with Crippen molar-refractivity contribution in [3.05, 3.63) is 35.4 Å². The summed E-state index contributed by atoms with van der Waals surface area (Å²) in [6.45, 7) is 8.80. The normalized spacial score (nSPS) is 26.4. The number of aryl methyl sites for hydroxylation is 1. The minimum absolute atomic E-state index is 0.467. The molecule has 132 valence electrons. The van der Waals surface area contributed by atoms with Crippen molar-refractivity contribution in [1.82, 2.24) is 15.5 Å². The van der Waals surface area contributed by atoms with Gasteiger partial charge in [0.15, 0.2) is 5.96 Å². The quantitative estimate of drug-likeness (QED) is 0.645. The SMILES string of the molecule is CN=C(NCC(C)c1ccc(C)cc1)NC1CC(C)N(C2CC2)C1. The van der Waals surface area contributed by atoms with Crippen LogP contribution in [0.2, 0.25) is 0 Å². The van der Waals surface area contributed by atoms with Gasteiger partial charge in [0.1, 0.15) is 0 Å². The molecule has 4 heteroatoms. The van der Waals surface area contributed by atoms with Crippen LogP contribution in [0.15, 0.2) is 29.3 Å². The third-order valence-corrected chi connectivity index (χ3v) is 5.43. The van der Waals surface area contributed by atoms with Gasteiger partial charge in [0, 0.05) is 38.3 Å². The van der Waals surface area contributed by atoms with Crippen molar-refractivity contribution in [3.8, 4) is 0 Å². The Hall–Kier alpha value is -1.55. The van der Waals surface area contributed by atoms with Crippen LogP contribution in [0, 0.1) is 6.92 Å². The molecule has 3 atom stereocenters. The first-order valence-electron chi connectivity index (χ1n) is 9.36. The molecule has 2 N–H and O–H groups in total. The van der Waals surface area contributed by atoms with Gasteiger partial charge in [0.25, 0.3) is 0 Å². The number of benzene rings is 1. The predicted octanol–water partition coefficient (Wildman–Crippen LogP) is 2.89. The molecule has 1 aromatic carbocycles. The van der Waals surface area contributed by atoms with Crippen LogP contribution in [-0.4, -0.2) is 49.1 Å². The van der Waals surface area contributed by atoms with E-state index in [1.54, 1.807) is 0 Å². The second-order valence-electron chi connectivity index (χ2n) is 7.62. The highest BCUT2D eigenvalue weighted by Gasteiger charge is 2.38. The van der Waals surface area contributed by atoms with Gasteiger partial charge in [-0.2, -0.15) is 0 Å². The summed E-state index contributed by atoms with van der Waals surface area (Å²) >= 11 is 0. The molecular formula is C20H32N4. The van der Waals surface area contributed by atoms with E-state index in [2.05, 4.69) is 65.6 Å². The average molecular weight is 329 g/mol. The van der Waals surface area contributed by atoms with Gasteiger partial charge in [0.2, 0.25) is 0 Å². The molecule has 1 aromatic rings. The number of rotatable bonds is 5. The van der Waals surface area contributed by atoms with Crippen LogP contribution >= 0.6 is 0 Å². The molecule has 2 aliphatic rings. The second kappa shape index (κ2) is 7.56. The van der Waals surface area contributed by atoms with Gasteiger partial charge in [-0.3, -0.25) is 9.89 Å². The second-order valence-corrected chi connectivity index (χ2v) is 7.62. The Morgan fingerprint density at radius 2 is 2.00 bits per heavy atom. The van der Waals surface area contributed by atoms with E-state index in [0.717, 1.165) is 25.1 Å². The van der Waals surface area contributed by atoms with Gasteiger partial charge in [0.05, 0.1) is 0 Å². The Kier molecular flexibility index (Phi) is 5.44. The lowest BCUT2D eigenvalue weighted by molar-refractivity contribution is 0.256. The van der Waals surface area contributed by atoms with Gasteiger partial charge in [-0.15, -0.1) is 0 Å². The zero-order valence-electron chi connectivity index (χ0n) is 15.5. The molecule has 1 aliphatic carbocycles. The molecule has 3 unspecified atom stereocenters. The van der Waals surface area contributed by atoms with Gasteiger partial charge in [-0.25, -0.2) is 0 Å². The van der Waals surface area contributed by atoms with Crippen molar-refractivity contribution < 1.29 is 0 Å². The summed E-state index contributed by atoms with van der Waals surface area (Å²) in [5.74, 6) is 1.40. The molecule has 1 saturated carbocycles. The molecule has 1 saturated heterocycles. The van der Waals surface area contributed by atoms with Crippen molar-refractivity contribution >= 4 is 5.96 Å². The van der Waals surface area contributed by atoms with Crippen molar-refractivity contribution in [2.45, 2.75) is 64.1 Å². The topological polar surface area (TPSA) is 39.7 Å². The third kappa shape index (κ3) is 4.29. The first-order chi connectivity index (χ1) is 11.6. The molecule has 1 aliphatic heterocycles. The van der Waals surface area contributed by atoms with Crippen molar-refractivity contribution in [2.24, 2.45) is 4.99 Å². The van der Waals surface area contributed by atoms with E-state index in [1.807, 2.05) is 7.05 Å². The molecule has 4 nitrogen and oxygen atoms in total. The number of nitrogens with zero attached hydrogens (tertiary/aromatic N) is 2. The molecule has 0 amide bonds. The van der Waals surface area contributed by atoms with Crippen LogP contribution in [0.1, 0.15) is 50.2 Å². The largest absolute Gasteiger partial charge is 0.356 e. The molecule has 0 spiro atoms. The summed E-state index contributed by atoms with van der Waals surface area (Å²) in [4.78, 5) is 7.08. The van der Waals surface area contributed by atoms with Crippen LogP contribution in [0.4, 0.5) is 0 Å². The van der Waals surface area contributed by atoms with Crippen LogP contribution in [0.25, 0.3) is 0 Å². The summed E-state index contributed by atoms with van der Waals surface area (Å²) in [6, 6.07) is 10.9. The predicted molar refractivity (Wildman–Crippen MR) is 102 cm³/mol. The van der Waals surface area contributed by atoms with Gasteiger partial charge in [-0.1, -0.05) is 36.8 Å². The van der Waals surface area contributed by atoms with Gasteiger partial charge in [-0.05, 0) is 44.6 Å². The lowest BCUT2D eigenvalue weighted by atomic mass is 10.0. The first kappa shape index (κ1) is 17.3. The van der Waals surface area contributed by atoms with Crippen LogP contribution < -0.4 is 10.6 Å². The number of hydrogen-bond acceptors (Lipinski definition) is 2. The zero-order chi connectivity index (χ0) is 17.1. The van der Waals surface area contributed by atoms with E-state index in [1.165, 1.54) is 30.4 Å². The van der Waals surface area contributed by atoms with Crippen molar-refractivity contribution in [3.63, 3.8) is 0 Å². The fraction of sp³-hybridized carbons (Fsp3) is 0.650. The summed E-state index contributed by atoms with van der Waals surface area (Å²) in [6.07, 6.45) is 3.99. The van der Waals surface area contributed by atoms with Gasteiger partial charge >= 0.3 is 0 Å². The molecule has 0 bridgehead atoms. The average Bonchev–Trinajstić information content (AvgIpc) is 3.35. The number of aliphatic imine (C=N–C) groups is 1. The maximum atomic E-state index is 4.42. The van der Waals surface area contributed by atoms with E-state index in [0.29, 0.717) is 18.0 Å². The summed E-state index contributed by atoms with van der Waals surface area (Å²) < 4.78 is 0. The summed E-state index contributed by atoms with van der Waals surface area (Å²) in [5, 5.41) is 7.13. The van der Waals surface area contributed by atoms with Crippen molar-refractivity contribution in [1.29, 1.82) is 0 Å². The first-order valence-corrected chi connectivity index (χ1v) is 9.36. The van der Waals surface area contributed by atoms with Crippen LogP contribution in [0.3, 0.4) is 0 Å². The van der Waals surface area contributed by atoms with Crippen molar-refractivity contribution in [2.75, 3.05) is 20.1 Å². The number of nitrogens with one attached hydrogen (secondary N) is 2. The molecule has 0 aromatic heterocycles. The molecule has 1 heterocycles. The standard InChI is InChI=1S/C20H32N4/c1-14-5-7-17(8-6-14)15(2)12-22-20(21-4)23-18-11-16(3)24(13-18)19-9-10-19/h5-8,15-16,18-19H,9-13H2,1-4H3,(H2,21,22,23). The van der Waals surface area contributed by atoms with E-state index in [9.17, 15) is 0 Å². The monoisotopic (exact) mass is 328 g/mol. The van der Waals surface area contributed by atoms with E-state index >= 15 is 0 Å². The van der Waals surface area contributed by atoms with Gasteiger partial charge < -0.3 is 10.6 Å². The van der Waals surface area contributed by atoms with E-state index < -0.39 is 0 Å². The Bertz CT molecular complexity index is 562. The van der Waals surface area contributed by atoms with E-state index in [4.69, 9.17) is 0 Å². The highest BCUT2D eigenvalue weighted by molar-refractivity contribution is 5.80. The summed E-state index contributed by atoms with van der Waals surface area (Å²) in [7, 11) is 1.86. The number of likely N-dealkylation sites (tertiary alicyclic amines) is 1. The number of hydrogen-bond donors (Lipinski definition) is 2.